The van der Waals surface area contributed by atoms with Gasteiger partial charge in [-0.05, 0) is 103 Å². The Bertz CT molecular complexity index is 2710. The molecular weight excluding hydrogens is 651 g/mol. The van der Waals surface area contributed by atoms with Crippen molar-refractivity contribution in [3.05, 3.63) is 247 Å². The molecule has 0 N–H and O–H groups in total. The normalized spacial score (nSPS) is 12.6. The molecule has 0 saturated carbocycles. The predicted octanol–water partition coefficient (Wildman–Crippen LogP) is 14.0. The summed E-state index contributed by atoms with van der Waals surface area (Å²) in [6.45, 7) is 0. The lowest BCUT2D eigenvalue weighted by Gasteiger charge is -2.34. The first kappa shape index (κ1) is 31.7. The summed E-state index contributed by atoms with van der Waals surface area (Å²) in [5.74, 6) is 0. The van der Waals surface area contributed by atoms with Gasteiger partial charge in [0.05, 0.1) is 5.41 Å². The van der Waals surface area contributed by atoms with Crippen LogP contribution in [0.25, 0.3) is 44.2 Å². The lowest BCUT2D eigenvalue weighted by Crippen LogP contribution is -2.28. The van der Waals surface area contributed by atoms with E-state index in [1.807, 2.05) is 0 Å². The Morgan fingerprint density at radius 1 is 0.296 bits per heavy atom. The van der Waals surface area contributed by atoms with E-state index >= 15 is 0 Å². The monoisotopic (exact) mass is 687 g/mol. The average molecular weight is 688 g/mol. The molecular formula is C53H37N. The molecule has 0 heterocycles. The molecule has 0 aromatic heterocycles. The Kier molecular flexibility index (Phi) is 7.78. The van der Waals surface area contributed by atoms with E-state index in [1.165, 1.54) is 66.4 Å². The van der Waals surface area contributed by atoms with Crippen molar-refractivity contribution in [2.45, 2.75) is 5.41 Å². The minimum Gasteiger partial charge on any atom is -0.310 e. The maximum Gasteiger partial charge on any atom is 0.0713 e. The number of rotatable bonds is 7. The summed E-state index contributed by atoms with van der Waals surface area (Å²) in [6, 6.07) is 81.9. The number of hydrogen-bond donors (Lipinski definition) is 0. The third-order valence-corrected chi connectivity index (χ3v) is 11.1. The fourth-order valence-electron chi connectivity index (χ4n) is 8.76. The van der Waals surface area contributed by atoms with Crippen LogP contribution < -0.4 is 4.90 Å². The van der Waals surface area contributed by atoms with E-state index in [1.54, 1.807) is 0 Å². The van der Waals surface area contributed by atoms with Gasteiger partial charge in [-0.1, -0.05) is 188 Å². The quantitative estimate of drug-likeness (QED) is 0.161. The van der Waals surface area contributed by atoms with Crippen LogP contribution in [-0.2, 0) is 5.41 Å². The number of nitrogens with zero attached hydrogens (tertiary/aromatic N) is 1. The van der Waals surface area contributed by atoms with E-state index in [9.17, 15) is 0 Å². The molecule has 9 aromatic rings. The lowest BCUT2D eigenvalue weighted by molar-refractivity contribution is 0.768. The number of hydrogen-bond acceptors (Lipinski definition) is 1. The first-order chi connectivity index (χ1) is 26.8. The van der Waals surface area contributed by atoms with Crippen LogP contribution in [0.5, 0.6) is 0 Å². The van der Waals surface area contributed by atoms with E-state index in [2.05, 4.69) is 229 Å². The first-order valence-electron chi connectivity index (χ1n) is 18.7. The molecule has 9 aromatic carbocycles. The van der Waals surface area contributed by atoms with E-state index in [0.717, 1.165) is 17.1 Å². The largest absolute Gasteiger partial charge is 0.310 e. The molecule has 54 heavy (non-hydrogen) atoms. The minimum absolute atomic E-state index is 0.409. The molecule has 0 bridgehead atoms. The Balaban J connectivity index is 1.07. The summed E-state index contributed by atoms with van der Waals surface area (Å²) in [6.07, 6.45) is 0. The molecule has 0 atom stereocenters. The highest BCUT2D eigenvalue weighted by molar-refractivity contribution is 5.97. The molecule has 1 aliphatic rings. The Labute approximate surface area is 317 Å². The number of para-hydroxylation sites is 1. The predicted molar refractivity (Wildman–Crippen MR) is 227 cm³/mol. The van der Waals surface area contributed by atoms with Crippen molar-refractivity contribution in [3.63, 3.8) is 0 Å². The van der Waals surface area contributed by atoms with Gasteiger partial charge in [-0.3, -0.25) is 0 Å². The van der Waals surface area contributed by atoms with Gasteiger partial charge >= 0.3 is 0 Å². The van der Waals surface area contributed by atoms with Crippen LogP contribution in [0, 0.1) is 0 Å². The van der Waals surface area contributed by atoms with Gasteiger partial charge in [-0.2, -0.15) is 0 Å². The summed E-state index contributed by atoms with van der Waals surface area (Å²) in [5, 5.41) is 2.50. The second-order valence-corrected chi connectivity index (χ2v) is 14.1. The van der Waals surface area contributed by atoms with Crippen molar-refractivity contribution in [2.75, 3.05) is 4.90 Å². The second kappa shape index (κ2) is 13.2. The molecule has 0 aliphatic heterocycles. The zero-order chi connectivity index (χ0) is 35.9. The third-order valence-electron chi connectivity index (χ3n) is 11.1. The molecule has 0 saturated heterocycles. The summed E-state index contributed by atoms with van der Waals surface area (Å²) >= 11 is 0. The van der Waals surface area contributed by atoms with E-state index < -0.39 is 5.41 Å². The van der Waals surface area contributed by atoms with Gasteiger partial charge in [0, 0.05) is 17.1 Å². The molecule has 1 heteroatoms. The van der Waals surface area contributed by atoms with Crippen molar-refractivity contribution < 1.29 is 0 Å². The molecule has 1 aliphatic carbocycles. The maximum atomic E-state index is 2.36. The van der Waals surface area contributed by atoms with Crippen LogP contribution in [0.2, 0.25) is 0 Å². The smallest absolute Gasteiger partial charge is 0.0713 e. The van der Waals surface area contributed by atoms with Crippen LogP contribution >= 0.6 is 0 Å². The van der Waals surface area contributed by atoms with Gasteiger partial charge in [-0.15, -0.1) is 0 Å². The third kappa shape index (κ3) is 5.17. The first-order valence-corrected chi connectivity index (χ1v) is 18.7. The highest BCUT2D eigenvalue weighted by Crippen LogP contribution is 2.56. The molecule has 0 unspecified atom stereocenters. The molecule has 0 fully saturated rings. The zero-order valence-corrected chi connectivity index (χ0v) is 29.8. The molecule has 0 spiro atoms. The summed E-state index contributed by atoms with van der Waals surface area (Å²) in [7, 11) is 0. The van der Waals surface area contributed by atoms with Crippen molar-refractivity contribution in [1.82, 2.24) is 0 Å². The fraction of sp³-hybridized carbons (Fsp3) is 0.0189. The number of benzene rings is 9. The van der Waals surface area contributed by atoms with Gasteiger partial charge in [-0.25, -0.2) is 0 Å². The topological polar surface area (TPSA) is 3.24 Å². The molecule has 254 valence electrons. The van der Waals surface area contributed by atoms with E-state index in [4.69, 9.17) is 0 Å². The Morgan fingerprint density at radius 3 is 1.48 bits per heavy atom. The van der Waals surface area contributed by atoms with Crippen LogP contribution in [0.4, 0.5) is 17.1 Å². The van der Waals surface area contributed by atoms with Crippen LogP contribution in [-0.4, -0.2) is 0 Å². The Morgan fingerprint density at radius 2 is 0.778 bits per heavy atom. The summed E-state index contributed by atoms with van der Waals surface area (Å²) in [4.78, 5) is 2.36. The molecule has 1 nitrogen and oxygen atoms in total. The van der Waals surface area contributed by atoms with Crippen molar-refractivity contribution in [1.29, 1.82) is 0 Å². The van der Waals surface area contributed by atoms with Gasteiger partial charge in [0.2, 0.25) is 0 Å². The second-order valence-electron chi connectivity index (χ2n) is 14.1. The van der Waals surface area contributed by atoms with Crippen LogP contribution in [0.15, 0.2) is 224 Å². The van der Waals surface area contributed by atoms with Crippen molar-refractivity contribution in [3.8, 4) is 33.4 Å². The van der Waals surface area contributed by atoms with Crippen LogP contribution in [0.1, 0.15) is 22.3 Å². The minimum atomic E-state index is -0.409. The van der Waals surface area contributed by atoms with E-state index in [-0.39, 0.29) is 0 Å². The lowest BCUT2D eigenvalue weighted by atomic mass is 9.67. The maximum absolute atomic E-state index is 2.36. The van der Waals surface area contributed by atoms with Gasteiger partial charge in [0.1, 0.15) is 0 Å². The highest BCUT2D eigenvalue weighted by Gasteiger charge is 2.45. The van der Waals surface area contributed by atoms with Crippen LogP contribution in [0.3, 0.4) is 0 Å². The summed E-state index contributed by atoms with van der Waals surface area (Å²) < 4.78 is 0. The van der Waals surface area contributed by atoms with E-state index in [0.29, 0.717) is 0 Å². The number of fused-ring (bicyclic) bond motifs is 4. The fourth-order valence-corrected chi connectivity index (χ4v) is 8.76. The van der Waals surface area contributed by atoms with Gasteiger partial charge in [0.25, 0.3) is 0 Å². The molecule has 0 radical (unpaired) electrons. The molecule has 0 amide bonds. The molecule has 10 rings (SSSR count). The average Bonchev–Trinajstić information content (AvgIpc) is 3.56. The standard InChI is InChI=1S/C53H37N/c1-3-20-42(21-4-1)53(51-30-11-9-27-49(51)50-28-10-12-31-52(50)53)43-34-32-38(33-35-43)40-18-13-24-45(36-40)54(44-22-5-2-6-23-44)46-25-14-19-41(37-46)48-29-15-17-39-16-7-8-26-47(39)48/h1-37H. The highest BCUT2D eigenvalue weighted by atomic mass is 15.1. The SMILES string of the molecule is c1ccc(N(c2cccc(-c3ccc(C4(c5ccccc5)c5ccccc5-c5ccccc54)cc3)c2)c2cccc(-c3cccc4ccccc34)c2)cc1. The van der Waals surface area contributed by atoms with Crippen molar-refractivity contribution >= 4 is 27.8 Å². The Hall–Kier alpha value is -6.96. The number of anilines is 3. The van der Waals surface area contributed by atoms with Gasteiger partial charge in [0.15, 0.2) is 0 Å². The summed E-state index contributed by atoms with van der Waals surface area (Å²) in [5.41, 5.74) is 15.5. The zero-order valence-electron chi connectivity index (χ0n) is 29.8. The van der Waals surface area contributed by atoms with Gasteiger partial charge < -0.3 is 4.90 Å². The van der Waals surface area contributed by atoms with Crippen molar-refractivity contribution in [2.24, 2.45) is 0 Å².